The number of hydrogen-bond donors (Lipinski definition) is 1. The number of nitrogens with one attached hydrogen (secondary N) is 1. The van der Waals surface area contributed by atoms with E-state index in [1.807, 2.05) is 0 Å². The van der Waals surface area contributed by atoms with E-state index in [4.69, 9.17) is 0 Å². The first-order valence-electron chi connectivity index (χ1n) is 8.93. The number of fused-ring (bicyclic) bond motifs is 1. The maximum atomic E-state index is 3.89. The highest BCUT2D eigenvalue weighted by Crippen LogP contribution is 2.38. The van der Waals surface area contributed by atoms with Crippen LogP contribution in [0.1, 0.15) is 62.1 Å². The fourth-order valence-electron chi connectivity index (χ4n) is 4.93. The predicted molar refractivity (Wildman–Crippen MR) is 87.5 cm³/mol. The summed E-state index contributed by atoms with van der Waals surface area (Å²) < 4.78 is 0. The zero-order valence-electron chi connectivity index (χ0n) is 13.1. The van der Waals surface area contributed by atoms with E-state index in [0.29, 0.717) is 11.6 Å². The third kappa shape index (κ3) is 2.64. The lowest BCUT2D eigenvalue weighted by molar-refractivity contribution is 0.0612. The van der Waals surface area contributed by atoms with Crippen LogP contribution in [0.15, 0.2) is 24.3 Å². The van der Waals surface area contributed by atoms with Crippen LogP contribution in [0.2, 0.25) is 0 Å². The van der Waals surface area contributed by atoms with Crippen LogP contribution in [0.25, 0.3) is 0 Å². The molecule has 1 aromatic rings. The van der Waals surface area contributed by atoms with E-state index in [1.165, 1.54) is 71.0 Å². The summed E-state index contributed by atoms with van der Waals surface area (Å²) in [5.74, 6) is 0. The Bertz CT molecular complexity index is 485. The van der Waals surface area contributed by atoms with Crippen molar-refractivity contribution in [1.82, 2.24) is 10.2 Å². The van der Waals surface area contributed by atoms with Crippen LogP contribution < -0.4 is 5.32 Å². The second-order valence-electron chi connectivity index (χ2n) is 7.35. The fraction of sp³-hybridized carbons (Fsp3) is 0.684. The standard InChI is InChI=1S/C19H28N2/c1-4-11-19(12-5-1)15-21(14-13-20-19)18-10-6-8-16-7-2-3-9-17(16)18/h2-3,7,9,18,20H,1,4-6,8,10-15H2. The summed E-state index contributed by atoms with van der Waals surface area (Å²) in [5, 5.41) is 3.89. The predicted octanol–water partition coefficient (Wildman–Crippen LogP) is 3.67. The molecule has 1 spiro atoms. The van der Waals surface area contributed by atoms with Crippen molar-refractivity contribution in [3.8, 4) is 0 Å². The number of piperazine rings is 1. The van der Waals surface area contributed by atoms with Gasteiger partial charge in [-0.1, -0.05) is 43.5 Å². The van der Waals surface area contributed by atoms with Gasteiger partial charge in [0.2, 0.25) is 0 Å². The molecule has 2 nitrogen and oxygen atoms in total. The van der Waals surface area contributed by atoms with Gasteiger partial charge in [-0.15, -0.1) is 0 Å². The van der Waals surface area contributed by atoms with Gasteiger partial charge in [0.15, 0.2) is 0 Å². The summed E-state index contributed by atoms with van der Waals surface area (Å²) in [6.45, 7) is 3.67. The van der Waals surface area contributed by atoms with Crippen LogP contribution in [-0.2, 0) is 6.42 Å². The number of nitrogens with zero attached hydrogens (tertiary/aromatic N) is 1. The van der Waals surface area contributed by atoms with E-state index in [0.717, 1.165) is 0 Å². The van der Waals surface area contributed by atoms with E-state index in [9.17, 15) is 0 Å². The minimum absolute atomic E-state index is 0.433. The molecule has 0 aromatic heterocycles. The molecule has 1 N–H and O–H groups in total. The third-order valence-corrected chi connectivity index (χ3v) is 5.99. The van der Waals surface area contributed by atoms with Crippen molar-refractivity contribution < 1.29 is 0 Å². The average molecular weight is 284 g/mol. The van der Waals surface area contributed by atoms with Gasteiger partial charge in [-0.25, -0.2) is 0 Å². The minimum atomic E-state index is 0.433. The Morgan fingerprint density at radius 2 is 1.90 bits per heavy atom. The summed E-state index contributed by atoms with van der Waals surface area (Å²) >= 11 is 0. The van der Waals surface area contributed by atoms with Crippen LogP contribution in [0.4, 0.5) is 0 Å². The second-order valence-corrected chi connectivity index (χ2v) is 7.35. The van der Waals surface area contributed by atoms with E-state index in [2.05, 4.69) is 34.5 Å². The Morgan fingerprint density at radius 3 is 2.81 bits per heavy atom. The topological polar surface area (TPSA) is 15.3 Å². The number of hydrogen-bond acceptors (Lipinski definition) is 2. The van der Waals surface area contributed by atoms with Crippen molar-refractivity contribution in [2.24, 2.45) is 0 Å². The molecule has 1 atom stereocenters. The molecule has 4 rings (SSSR count). The summed E-state index contributed by atoms with van der Waals surface area (Å²) in [5.41, 5.74) is 3.66. The van der Waals surface area contributed by atoms with Crippen molar-refractivity contribution in [3.63, 3.8) is 0 Å². The first kappa shape index (κ1) is 13.8. The summed E-state index contributed by atoms with van der Waals surface area (Å²) in [7, 11) is 0. The maximum Gasteiger partial charge on any atom is 0.0352 e. The molecule has 1 aliphatic heterocycles. The number of aryl methyl sites for hydroxylation is 1. The molecule has 114 valence electrons. The Labute approximate surface area is 128 Å². The Hall–Kier alpha value is -0.860. The van der Waals surface area contributed by atoms with Gasteiger partial charge < -0.3 is 5.32 Å². The van der Waals surface area contributed by atoms with E-state index in [1.54, 1.807) is 11.1 Å². The van der Waals surface area contributed by atoms with E-state index >= 15 is 0 Å². The van der Waals surface area contributed by atoms with Crippen LogP contribution in [0.3, 0.4) is 0 Å². The highest BCUT2D eigenvalue weighted by molar-refractivity contribution is 5.32. The summed E-state index contributed by atoms with van der Waals surface area (Å²) in [4.78, 5) is 2.81. The molecular formula is C19H28N2. The van der Waals surface area contributed by atoms with Crippen molar-refractivity contribution in [1.29, 1.82) is 0 Å². The van der Waals surface area contributed by atoms with Crippen molar-refractivity contribution >= 4 is 0 Å². The average Bonchev–Trinajstić information content (AvgIpc) is 2.55. The van der Waals surface area contributed by atoms with Gasteiger partial charge in [0.05, 0.1) is 0 Å². The molecule has 0 radical (unpaired) electrons. The molecule has 1 heterocycles. The first-order chi connectivity index (χ1) is 10.4. The van der Waals surface area contributed by atoms with Crippen LogP contribution in [0, 0.1) is 0 Å². The monoisotopic (exact) mass is 284 g/mol. The van der Waals surface area contributed by atoms with Crippen LogP contribution >= 0.6 is 0 Å². The molecule has 3 aliphatic rings. The molecule has 2 aliphatic carbocycles. The lowest BCUT2D eigenvalue weighted by Crippen LogP contribution is -2.61. The fourth-order valence-corrected chi connectivity index (χ4v) is 4.93. The second kappa shape index (κ2) is 5.73. The molecule has 2 heteroatoms. The maximum absolute atomic E-state index is 3.89. The van der Waals surface area contributed by atoms with Crippen LogP contribution in [-0.4, -0.2) is 30.1 Å². The molecule has 1 unspecified atom stereocenters. The van der Waals surface area contributed by atoms with Crippen molar-refractivity contribution in [3.05, 3.63) is 35.4 Å². The van der Waals surface area contributed by atoms with E-state index in [-0.39, 0.29) is 0 Å². The normalized spacial score (nSPS) is 29.2. The molecule has 1 aromatic carbocycles. The van der Waals surface area contributed by atoms with Gasteiger partial charge in [-0.2, -0.15) is 0 Å². The summed E-state index contributed by atoms with van der Waals surface area (Å²) in [6.07, 6.45) is 11.0. The van der Waals surface area contributed by atoms with Crippen molar-refractivity contribution in [2.45, 2.75) is 62.9 Å². The smallest absolute Gasteiger partial charge is 0.0352 e. The Morgan fingerprint density at radius 1 is 1.05 bits per heavy atom. The van der Waals surface area contributed by atoms with Gasteiger partial charge in [0.25, 0.3) is 0 Å². The lowest BCUT2D eigenvalue weighted by atomic mass is 9.78. The molecule has 1 saturated heterocycles. The van der Waals surface area contributed by atoms with Gasteiger partial charge in [0, 0.05) is 31.2 Å². The van der Waals surface area contributed by atoms with Gasteiger partial charge in [-0.3, -0.25) is 4.90 Å². The molecule has 21 heavy (non-hydrogen) atoms. The lowest BCUT2D eigenvalue weighted by Gasteiger charge is -2.49. The quantitative estimate of drug-likeness (QED) is 0.846. The highest BCUT2D eigenvalue weighted by atomic mass is 15.2. The van der Waals surface area contributed by atoms with Gasteiger partial charge >= 0.3 is 0 Å². The van der Waals surface area contributed by atoms with Gasteiger partial charge in [0.1, 0.15) is 0 Å². The van der Waals surface area contributed by atoms with Gasteiger partial charge in [-0.05, 0) is 43.2 Å². The molecule has 1 saturated carbocycles. The van der Waals surface area contributed by atoms with E-state index < -0.39 is 0 Å². The number of rotatable bonds is 1. The molecule has 2 fully saturated rings. The van der Waals surface area contributed by atoms with Crippen molar-refractivity contribution in [2.75, 3.05) is 19.6 Å². The Kier molecular flexibility index (Phi) is 3.76. The zero-order valence-corrected chi connectivity index (χ0v) is 13.1. The Balaban J connectivity index is 1.56. The molecule has 0 amide bonds. The third-order valence-electron chi connectivity index (χ3n) is 5.99. The largest absolute Gasteiger partial charge is 0.309 e. The molecule has 0 bridgehead atoms. The molecular weight excluding hydrogens is 256 g/mol. The van der Waals surface area contributed by atoms with Crippen LogP contribution in [0.5, 0.6) is 0 Å². The summed E-state index contributed by atoms with van der Waals surface area (Å²) in [6, 6.07) is 9.85. The number of benzene rings is 1. The zero-order chi connectivity index (χ0) is 14.1. The highest BCUT2D eigenvalue weighted by Gasteiger charge is 2.39. The first-order valence-corrected chi connectivity index (χ1v) is 8.93. The SMILES string of the molecule is c1ccc2c(c1)CCCC2N1CCNC2(CCCCC2)C1. The minimum Gasteiger partial charge on any atom is -0.309 e.